The van der Waals surface area contributed by atoms with E-state index >= 15 is 0 Å². The molecule has 7 heteroatoms. The highest BCUT2D eigenvalue weighted by Gasteiger charge is 2.31. The number of rotatable bonds is 4. The molecule has 2 rings (SSSR count). The molecule has 0 radical (unpaired) electrons. The van der Waals surface area contributed by atoms with Gasteiger partial charge in [-0.1, -0.05) is 12.1 Å². The van der Waals surface area contributed by atoms with Crippen molar-refractivity contribution in [3.05, 3.63) is 34.4 Å². The van der Waals surface area contributed by atoms with Crippen LogP contribution >= 0.6 is 0 Å². The molecule has 1 fully saturated rings. The number of para-hydroxylation sites is 2. The summed E-state index contributed by atoms with van der Waals surface area (Å²) in [4.78, 5) is 24.7. The normalized spacial score (nSPS) is 18.2. The van der Waals surface area contributed by atoms with Gasteiger partial charge in [-0.05, 0) is 19.9 Å². The van der Waals surface area contributed by atoms with Gasteiger partial charge in [0.15, 0.2) is 0 Å². The van der Waals surface area contributed by atoms with Crippen molar-refractivity contribution in [3.63, 3.8) is 0 Å². The van der Waals surface area contributed by atoms with Gasteiger partial charge in [-0.15, -0.1) is 0 Å². The second kappa shape index (κ2) is 6.19. The second-order valence-corrected chi connectivity index (χ2v) is 5.73. The molecule has 2 N–H and O–H groups in total. The predicted octanol–water partition coefficient (Wildman–Crippen LogP) is 1.22. The molecule has 1 saturated heterocycles. The fraction of sp³-hybridized carbons (Fsp3) is 0.500. The van der Waals surface area contributed by atoms with E-state index in [2.05, 4.69) is 29.4 Å². The van der Waals surface area contributed by atoms with Crippen LogP contribution in [0.5, 0.6) is 0 Å². The average molecular weight is 292 g/mol. The molecule has 0 aliphatic carbocycles. The number of carbonyl (C=O) groups excluding carboxylic acids is 1. The van der Waals surface area contributed by atoms with Crippen molar-refractivity contribution in [3.8, 4) is 0 Å². The maximum absolute atomic E-state index is 12.1. The van der Waals surface area contributed by atoms with E-state index in [0.29, 0.717) is 0 Å². The van der Waals surface area contributed by atoms with Crippen molar-refractivity contribution in [1.29, 1.82) is 0 Å². The third-order valence-corrected chi connectivity index (χ3v) is 3.68. The highest BCUT2D eigenvalue weighted by Crippen LogP contribution is 2.23. The first-order valence-electron chi connectivity index (χ1n) is 6.89. The molecular formula is C14H20N4O3. The first kappa shape index (κ1) is 15.4. The van der Waals surface area contributed by atoms with Gasteiger partial charge in [0.25, 0.3) is 5.69 Å². The summed E-state index contributed by atoms with van der Waals surface area (Å²) in [6.07, 6.45) is 0. The molecule has 0 atom stereocenters. The number of piperazine rings is 1. The smallest absolute Gasteiger partial charge is 0.292 e. The van der Waals surface area contributed by atoms with Crippen LogP contribution in [0.2, 0.25) is 0 Å². The van der Waals surface area contributed by atoms with Crippen molar-refractivity contribution < 1.29 is 9.72 Å². The third kappa shape index (κ3) is 3.77. The molecule has 1 aliphatic rings. The molecule has 0 spiro atoms. The molecule has 0 aromatic heterocycles. The van der Waals surface area contributed by atoms with E-state index in [-0.39, 0.29) is 29.4 Å². The fourth-order valence-corrected chi connectivity index (χ4v) is 2.42. The van der Waals surface area contributed by atoms with Crippen LogP contribution in [0.15, 0.2) is 24.3 Å². The first-order valence-corrected chi connectivity index (χ1v) is 6.89. The molecule has 1 aromatic carbocycles. The molecule has 1 amide bonds. The minimum absolute atomic E-state index is 0.0922. The third-order valence-electron chi connectivity index (χ3n) is 3.68. The van der Waals surface area contributed by atoms with Crippen LogP contribution < -0.4 is 10.6 Å². The molecular weight excluding hydrogens is 272 g/mol. The number of anilines is 1. The van der Waals surface area contributed by atoms with Crippen LogP contribution in [0.1, 0.15) is 13.8 Å². The molecule has 0 bridgehead atoms. The Labute approximate surface area is 123 Å². The topological polar surface area (TPSA) is 87.5 Å². The van der Waals surface area contributed by atoms with E-state index in [1.807, 2.05) is 0 Å². The quantitative estimate of drug-likeness (QED) is 0.643. The lowest BCUT2D eigenvalue weighted by atomic mass is 10.0. The summed E-state index contributed by atoms with van der Waals surface area (Å²) in [5.41, 5.74) is 0.0314. The second-order valence-electron chi connectivity index (χ2n) is 5.73. The molecule has 21 heavy (non-hydrogen) atoms. The van der Waals surface area contributed by atoms with Crippen molar-refractivity contribution in [2.24, 2.45) is 0 Å². The number of benzene rings is 1. The fourth-order valence-electron chi connectivity index (χ4n) is 2.42. The van der Waals surface area contributed by atoms with Crippen molar-refractivity contribution in [1.82, 2.24) is 10.2 Å². The Kier molecular flexibility index (Phi) is 4.54. The number of nitrogens with one attached hydrogen (secondary N) is 2. The van der Waals surface area contributed by atoms with Crippen LogP contribution in [0, 0.1) is 10.1 Å². The summed E-state index contributed by atoms with van der Waals surface area (Å²) in [5, 5.41) is 16.9. The Hall–Kier alpha value is -1.99. The van der Waals surface area contributed by atoms with Gasteiger partial charge in [0.1, 0.15) is 5.69 Å². The number of nitrogens with zero attached hydrogens (tertiary/aromatic N) is 2. The van der Waals surface area contributed by atoms with E-state index in [4.69, 9.17) is 0 Å². The SMILES string of the molecule is CC1(C)CNCCN1CC(=O)Nc1ccccc1[N+](=O)[O-]. The van der Waals surface area contributed by atoms with Gasteiger partial charge in [-0.25, -0.2) is 0 Å². The number of nitro benzene ring substituents is 1. The van der Waals surface area contributed by atoms with Gasteiger partial charge in [-0.3, -0.25) is 19.8 Å². The number of hydrogen-bond donors (Lipinski definition) is 2. The molecule has 1 heterocycles. The lowest BCUT2D eigenvalue weighted by Crippen LogP contribution is -2.59. The summed E-state index contributed by atoms with van der Waals surface area (Å²) in [6, 6.07) is 6.16. The first-order chi connectivity index (χ1) is 9.90. The Balaban J connectivity index is 2.04. The Bertz CT molecular complexity index is 545. The Morgan fingerprint density at radius 3 is 2.86 bits per heavy atom. The minimum atomic E-state index is -0.496. The molecule has 114 valence electrons. The number of hydrogen-bond acceptors (Lipinski definition) is 5. The summed E-state index contributed by atoms with van der Waals surface area (Å²) < 4.78 is 0. The van der Waals surface area contributed by atoms with Gasteiger partial charge in [-0.2, -0.15) is 0 Å². The zero-order chi connectivity index (χ0) is 15.5. The number of carbonyl (C=O) groups is 1. The molecule has 1 aromatic rings. The van der Waals surface area contributed by atoms with Crippen LogP contribution in [0.4, 0.5) is 11.4 Å². The van der Waals surface area contributed by atoms with Gasteiger partial charge in [0.05, 0.1) is 11.5 Å². The number of amides is 1. The lowest BCUT2D eigenvalue weighted by molar-refractivity contribution is -0.383. The maximum atomic E-state index is 12.1. The Morgan fingerprint density at radius 1 is 1.48 bits per heavy atom. The zero-order valence-electron chi connectivity index (χ0n) is 12.3. The summed E-state index contributed by atoms with van der Waals surface area (Å²) in [5.74, 6) is -0.237. The lowest BCUT2D eigenvalue weighted by Gasteiger charge is -2.42. The minimum Gasteiger partial charge on any atom is -0.319 e. The van der Waals surface area contributed by atoms with E-state index in [1.165, 1.54) is 6.07 Å². The van der Waals surface area contributed by atoms with Crippen LogP contribution in [0.3, 0.4) is 0 Å². The Morgan fingerprint density at radius 2 is 2.19 bits per heavy atom. The van der Waals surface area contributed by atoms with Crippen LogP contribution in [0.25, 0.3) is 0 Å². The number of nitro groups is 1. The maximum Gasteiger partial charge on any atom is 0.292 e. The highest BCUT2D eigenvalue weighted by molar-refractivity contribution is 5.94. The van der Waals surface area contributed by atoms with Gasteiger partial charge < -0.3 is 10.6 Å². The largest absolute Gasteiger partial charge is 0.319 e. The standard InChI is InChI=1S/C14H20N4O3/c1-14(2)10-15-7-8-17(14)9-13(19)16-11-5-3-4-6-12(11)18(20)21/h3-6,15H,7-10H2,1-2H3,(H,16,19). The molecule has 1 aliphatic heterocycles. The average Bonchev–Trinajstić information content (AvgIpc) is 2.41. The molecule has 7 nitrogen and oxygen atoms in total. The van der Waals surface area contributed by atoms with Crippen molar-refractivity contribution >= 4 is 17.3 Å². The van der Waals surface area contributed by atoms with Gasteiger partial charge in [0, 0.05) is 31.2 Å². The van der Waals surface area contributed by atoms with Crippen molar-refractivity contribution in [2.45, 2.75) is 19.4 Å². The van der Waals surface area contributed by atoms with Crippen LogP contribution in [-0.4, -0.2) is 47.4 Å². The highest BCUT2D eigenvalue weighted by atomic mass is 16.6. The van der Waals surface area contributed by atoms with Crippen LogP contribution in [-0.2, 0) is 4.79 Å². The van der Waals surface area contributed by atoms with Crippen molar-refractivity contribution in [2.75, 3.05) is 31.5 Å². The zero-order valence-corrected chi connectivity index (χ0v) is 12.3. The summed E-state index contributed by atoms with van der Waals surface area (Å²) >= 11 is 0. The molecule has 0 unspecified atom stereocenters. The summed E-state index contributed by atoms with van der Waals surface area (Å²) in [6.45, 7) is 6.78. The van der Waals surface area contributed by atoms with E-state index < -0.39 is 4.92 Å². The summed E-state index contributed by atoms with van der Waals surface area (Å²) in [7, 11) is 0. The van der Waals surface area contributed by atoms with E-state index in [1.54, 1.807) is 18.2 Å². The van der Waals surface area contributed by atoms with E-state index in [0.717, 1.165) is 19.6 Å². The molecule has 0 saturated carbocycles. The predicted molar refractivity (Wildman–Crippen MR) is 80.2 cm³/mol. The monoisotopic (exact) mass is 292 g/mol. The van der Waals surface area contributed by atoms with E-state index in [9.17, 15) is 14.9 Å². The van der Waals surface area contributed by atoms with Gasteiger partial charge in [0.2, 0.25) is 5.91 Å². The van der Waals surface area contributed by atoms with Gasteiger partial charge >= 0.3 is 0 Å².